The lowest BCUT2D eigenvalue weighted by Gasteiger charge is -2.32. The summed E-state index contributed by atoms with van der Waals surface area (Å²) in [6.07, 6.45) is 6.69. The third-order valence-corrected chi connectivity index (χ3v) is 5.63. The van der Waals surface area contributed by atoms with Gasteiger partial charge in [-0.1, -0.05) is 0 Å². The minimum Gasteiger partial charge on any atom is -0.370 e. The van der Waals surface area contributed by atoms with Crippen molar-refractivity contribution in [3.63, 3.8) is 0 Å². The summed E-state index contributed by atoms with van der Waals surface area (Å²) in [6, 6.07) is 1.92. The number of anilines is 2. The van der Waals surface area contributed by atoms with Gasteiger partial charge < -0.3 is 14.8 Å². The Kier molecular flexibility index (Phi) is 5.52. The van der Waals surface area contributed by atoms with Crippen molar-refractivity contribution < 1.29 is 0 Å². The van der Waals surface area contributed by atoms with E-state index >= 15 is 0 Å². The van der Waals surface area contributed by atoms with Gasteiger partial charge in [0.1, 0.15) is 17.5 Å². The highest BCUT2D eigenvalue weighted by Gasteiger charge is 2.28. The number of aromatic nitrogens is 5. The van der Waals surface area contributed by atoms with Crippen molar-refractivity contribution in [2.45, 2.75) is 45.1 Å². The van der Waals surface area contributed by atoms with E-state index in [2.05, 4.69) is 53.8 Å². The second kappa shape index (κ2) is 8.21. The SMILES string of the molecule is CCNc1ccnc(N2CCC[C@@H](c3nnc(CN4CCCC4)n3C)C2)n1. The number of hydrogen-bond donors (Lipinski definition) is 1. The van der Waals surface area contributed by atoms with Crippen LogP contribution < -0.4 is 10.2 Å². The van der Waals surface area contributed by atoms with Crippen molar-refractivity contribution in [1.29, 1.82) is 0 Å². The first-order chi connectivity index (χ1) is 13.2. The smallest absolute Gasteiger partial charge is 0.227 e. The van der Waals surface area contributed by atoms with E-state index in [4.69, 9.17) is 0 Å². The first-order valence-electron chi connectivity index (χ1n) is 10.2. The maximum Gasteiger partial charge on any atom is 0.227 e. The van der Waals surface area contributed by atoms with Gasteiger partial charge in [-0.3, -0.25) is 4.90 Å². The highest BCUT2D eigenvalue weighted by Crippen LogP contribution is 2.28. The molecule has 0 aromatic carbocycles. The third-order valence-electron chi connectivity index (χ3n) is 5.63. The molecule has 0 saturated carbocycles. The van der Waals surface area contributed by atoms with Crippen molar-refractivity contribution in [1.82, 2.24) is 29.6 Å². The van der Waals surface area contributed by atoms with Gasteiger partial charge in [0.2, 0.25) is 5.95 Å². The van der Waals surface area contributed by atoms with Crippen LogP contribution in [0.2, 0.25) is 0 Å². The highest BCUT2D eigenvalue weighted by atomic mass is 15.3. The van der Waals surface area contributed by atoms with E-state index in [9.17, 15) is 0 Å². The molecule has 0 spiro atoms. The van der Waals surface area contributed by atoms with E-state index in [1.807, 2.05) is 12.3 Å². The van der Waals surface area contributed by atoms with E-state index in [1.54, 1.807) is 0 Å². The molecule has 8 heteroatoms. The molecule has 4 rings (SSSR count). The van der Waals surface area contributed by atoms with Gasteiger partial charge in [0.05, 0.1) is 6.54 Å². The van der Waals surface area contributed by atoms with Gasteiger partial charge in [-0.15, -0.1) is 10.2 Å². The Morgan fingerprint density at radius 3 is 2.81 bits per heavy atom. The minimum atomic E-state index is 0.370. The molecule has 2 aliphatic heterocycles. The summed E-state index contributed by atoms with van der Waals surface area (Å²) in [4.78, 5) is 13.9. The molecule has 2 saturated heterocycles. The number of hydrogen-bond acceptors (Lipinski definition) is 7. The van der Waals surface area contributed by atoms with Gasteiger partial charge in [0.15, 0.2) is 0 Å². The van der Waals surface area contributed by atoms with Gasteiger partial charge in [-0.05, 0) is 51.8 Å². The molecule has 27 heavy (non-hydrogen) atoms. The van der Waals surface area contributed by atoms with Crippen molar-refractivity contribution in [2.24, 2.45) is 7.05 Å². The fourth-order valence-electron chi connectivity index (χ4n) is 4.16. The van der Waals surface area contributed by atoms with Gasteiger partial charge in [-0.25, -0.2) is 4.98 Å². The number of likely N-dealkylation sites (tertiary alicyclic amines) is 1. The van der Waals surface area contributed by atoms with Crippen molar-refractivity contribution in [3.8, 4) is 0 Å². The quantitative estimate of drug-likeness (QED) is 0.834. The first-order valence-corrected chi connectivity index (χ1v) is 10.2. The van der Waals surface area contributed by atoms with Gasteiger partial charge in [0.25, 0.3) is 0 Å². The Hall–Kier alpha value is -2.22. The zero-order chi connectivity index (χ0) is 18.6. The summed E-state index contributed by atoms with van der Waals surface area (Å²) >= 11 is 0. The van der Waals surface area contributed by atoms with E-state index in [0.29, 0.717) is 5.92 Å². The lowest BCUT2D eigenvalue weighted by molar-refractivity contribution is 0.317. The maximum atomic E-state index is 4.66. The molecule has 0 unspecified atom stereocenters. The topological polar surface area (TPSA) is 75.0 Å². The predicted molar refractivity (Wildman–Crippen MR) is 106 cm³/mol. The molecule has 2 fully saturated rings. The summed E-state index contributed by atoms with van der Waals surface area (Å²) < 4.78 is 2.21. The molecule has 0 amide bonds. The summed E-state index contributed by atoms with van der Waals surface area (Å²) in [7, 11) is 2.11. The molecule has 2 aromatic rings. The standard InChI is InChI=1S/C19H30N8/c1-3-20-16-8-9-21-19(22-16)27-12-6-7-15(13-27)18-24-23-17(25(18)2)14-26-10-4-5-11-26/h8-9,15H,3-7,10-14H2,1-2H3,(H,20,21,22)/t15-/m1/s1. The van der Waals surface area contributed by atoms with Crippen LogP contribution in [0.15, 0.2) is 12.3 Å². The summed E-state index contributed by atoms with van der Waals surface area (Å²) in [5.74, 6) is 4.23. The van der Waals surface area contributed by atoms with Crippen LogP contribution in [0.5, 0.6) is 0 Å². The Bertz CT molecular complexity index is 752. The Morgan fingerprint density at radius 1 is 1.15 bits per heavy atom. The number of nitrogens with zero attached hydrogens (tertiary/aromatic N) is 7. The molecule has 146 valence electrons. The highest BCUT2D eigenvalue weighted by molar-refractivity contribution is 5.41. The fourth-order valence-corrected chi connectivity index (χ4v) is 4.16. The van der Waals surface area contributed by atoms with Crippen LogP contribution in [0.4, 0.5) is 11.8 Å². The molecular formula is C19H30N8. The van der Waals surface area contributed by atoms with Crippen LogP contribution in [0.3, 0.4) is 0 Å². The summed E-state index contributed by atoms with van der Waals surface area (Å²) in [5, 5.41) is 12.3. The fraction of sp³-hybridized carbons (Fsp3) is 0.684. The third kappa shape index (κ3) is 4.05. The van der Waals surface area contributed by atoms with Gasteiger partial charge in [0, 0.05) is 38.8 Å². The molecule has 4 heterocycles. The molecule has 1 atom stereocenters. The van der Waals surface area contributed by atoms with E-state index in [1.165, 1.54) is 25.9 Å². The summed E-state index contributed by atoms with van der Waals surface area (Å²) in [6.45, 7) is 8.09. The van der Waals surface area contributed by atoms with E-state index < -0.39 is 0 Å². The molecule has 0 aliphatic carbocycles. The Balaban J connectivity index is 1.46. The Labute approximate surface area is 161 Å². The van der Waals surface area contributed by atoms with Crippen molar-refractivity contribution in [3.05, 3.63) is 23.9 Å². The second-order valence-corrected chi connectivity index (χ2v) is 7.57. The van der Waals surface area contributed by atoms with Crippen LogP contribution in [0.1, 0.15) is 50.2 Å². The molecule has 2 aliphatic rings. The van der Waals surface area contributed by atoms with Gasteiger partial charge in [-0.2, -0.15) is 4.98 Å². The lowest BCUT2D eigenvalue weighted by Crippen LogP contribution is -2.36. The van der Waals surface area contributed by atoms with Crippen molar-refractivity contribution >= 4 is 11.8 Å². The average molecular weight is 371 g/mol. The Morgan fingerprint density at radius 2 is 2.00 bits per heavy atom. The number of rotatable bonds is 6. The van der Waals surface area contributed by atoms with Crippen LogP contribution in [0.25, 0.3) is 0 Å². The average Bonchev–Trinajstić information content (AvgIpc) is 3.33. The first kappa shape index (κ1) is 18.2. The van der Waals surface area contributed by atoms with Crippen molar-refractivity contribution in [2.75, 3.05) is 42.9 Å². The monoisotopic (exact) mass is 370 g/mol. The zero-order valence-corrected chi connectivity index (χ0v) is 16.4. The number of piperidine rings is 1. The summed E-state index contributed by atoms with van der Waals surface area (Å²) in [5.41, 5.74) is 0. The van der Waals surface area contributed by atoms with E-state index in [-0.39, 0.29) is 0 Å². The molecule has 0 bridgehead atoms. The zero-order valence-electron chi connectivity index (χ0n) is 16.4. The van der Waals surface area contributed by atoms with Crippen LogP contribution in [0, 0.1) is 0 Å². The van der Waals surface area contributed by atoms with Crippen LogP contribution in [-0.2, 0) is 13.6 Å². The molecule has 8 nitrogen and oxygen atoms in total. The van der Waals surface area contributed by atoms with Gasteiger partial charge >= 0.3 is 0 Å². The predicted octanol–water partition coefficient (Wildman–Crippen LogP) is 2.02. The van der Waals surface area contributed by atoms with Crippen LogP contribution in [-0.4, -0.2) is 62.4 Å². The maximum absolute atomic E-state index is 4.66. The minimum absolute atomic E-state index is 0.370. The number of nitrogens with one attached hydrogen (secondary N) is 1. The molecule has 0 radical (unpaired) electrons. The molecule has 2 aromatic heterocycles. The van der Waals surface area contributed by atoms with E-state index in [0.717, 1.165) is 62.4 Å². The normalized spacial score (nSPS) is 21.0. The second-order valence-electron chi connectivity index (χ2n) is 7.57. The molecular weight excluding hydrogens is 340 g/mol. The van der Waals surface area contributed by atoms with Crippen LogP contribution >= 0.6 is 0 Å². The lowest BCUT2D eigenvalue weighted by atomic mass is 9.97. The largest absolute Gasteiger partial charge is 0.370 e. The molecule has 1 N–H and O–H groups in total.